The number of nitrogens with zero attached hydrogens (tertiary/aromatic N) is 3. The largest absolute Gasteiger partial charge is 0.378 e. The predicted molar refractivity (Wildman–Crippen MR) is 123 cm³/mol. The number of benzene rings is 2. The van der Waals surface area contributed by atoms with Crippen molar-refractivity contribution in [1.82, 2.24) is 15.2 Å². The van der Waals surface area contributed by atoms with Crippen molar-refractivity contribution in [2.24, 2.45) is 0 Å². The van der Waals surface area contributed by atoms with Gasteiger partial charge in [-0.15, -0.1) is 0 Å². The van der Waals surface area contributed by atoms with Crippen molar-refractivity contribution < 1.29 is 22.3 Å². The van der Waals surface area contributed by atoms with Crippen molar-refractivity contribution in [1.29, 1.82) is 0 Å². The highest BCUT2D eigenvalue weighted by molar-refractivity contribution is 7.91. The summed E-state index contributed by atoms with van der Waals surface area (Å²) < 4.78 is 45.1. The minimum Gasteiger partial charge on any atom is -0.378 e. The molecule has 2 N–H and O–H groups in total. The molecule has 4 aromatic rings. The number of pyridine rings is 1. The molecule has 3 heterocycles. The molecular formula is C23H20FN5O4S. The Balaban J connectivity index is 1.48. The third kappa shape index (κ3) is 4.11. The van der Waals surface area contributed by atoms with Gasteiger partial charge < -0.3 is 15.0 Å². The number of rotatable bonds is 5. The van der Waals surface area contributed by atoms with Gasteiger partial charge in [-0.25, -0.2) is 12.8 Å². The molecule has 5 rings (SSSR count). The summed E-state index contributed by atoms with van der Waals surface area (Å²) in [5, 5.41) is 10.0. The summed E-state index contributed by atoms with van der Waals surface area (Å²) >= 11 is 0. The highest BCUT2D eigenvalue weighted by Crippen LogP contribution is 2.28. The van der Waals surface area contributed by atoms with Crippen LogP contribution in [0.3, 0.4) is 0 Å². The molecule has 0 aliphatic carbocycles. The van der Waals surface area contributed by atoms with Crippen LogP contribution in [0, 0.1) is 5.82 Å². The molecule has 9 nitrogen and oxygen atoms in total. The maximum absolute atomic E-state index is 13.6. The molecular weight excluding hydrogens is 461 g/mol. The summed E-state index contributed by atoms with van der Waals surface area (Å²) in [6.45, 7) is 2.53. The molecule has 0 radical (unpaired) electrons. The Hall–Kier alpha value is -3.83. The molecule has 0 bridgehead atoms. The highest BCUT2D eigenvalue weighted by Gasteiger charge is 2.23. The predicted octanol–water partition coefficient (Wildman–Crippen LogP) is 3.02. The zero-order chi connectivity index (χ0) is 23.7. The summed E-state index contributed by atoms with van der Waals surface area (Å²) in [4.78, 5) is 19.1. The Kier molecular flexibility index (Phi) is 5.72. The van der Waals surface area contributed by atoms with Gasteiger partial charge in [0.15, 0.2) is 5.69 Å². The van der Waals surface area contributed by atoms with Gasteiger partial charge in [-0.2, -0.15) is 5.10 Å². The number of nitrogens with one attached hydrogen (secondary N) is 2. The van der Waals surface area contributed by atoms with Gasteiger partial charge >= 0.3 is 0 Å². The topological polar surface area (TPSA) is 117 Å². The van der Waals surface area contributed by atoms with Crippen molar-refractivity contribution in [3.8, 4) is 0 Å². The van der Waals surface area contributed by atoms with E-state index in [1.807, 2.05) is 6.07 Å². The number of hydrogen-bond donors (Lipinski definition) is 2. The number of morpholine rings is 1. The number of H-pyrrole nitrogens is 1. The van der Waals surface area contributed by atoms with Gasteiger partial charge in [-0.3, -0.25) is 14.9 Å². The number of aromatic nitrogens is 3. The molecule has 34 heavy (non-hydrogen) atoms. The molecule has 1 aliphatic heterocycles. The first-order valence-corrected chi connectivity index (χ1v) is 12.0. The number of amides is 1. The van der Waals surface area contributed by atoms with Gasteiger partial charge in [0.1, 0.15) is 5.82 Å². The summed E-state index contributed by atoms with van der Waals surface area (Å²) in [6, 6.07) is 10.9. The maximum Gasteiger partial charge on any atom is 0.276 e. The summed E-state index contributed by atoms with van der Waals surface area (Å²) in [5.41, 5.74) is 1.83. The Bertz CT molecular complexity index is 1480. The zero-order valence-electron chi connectivity index (χ0n) is 17.9. The number of carbonyl (C=O) groups excluding carboxylic acids is 1. The molecule has 1 fully saturated rings. The SMILES string of the molecule is O=C(Nc1cnccc1N1CCOCC1)c1n[nH]c2ccc(S(=O)(=O)c3cccc(F)c3)cc12. The van der Waals surface area contributed by atoms with Crippen molar-refractivity contribution in [2.75, 3.05) is 36.5 Å². The molecule has 0 atom stereocenters. The quantitative estimate of drug-likeness (QED) is 0.450. The van der Waals surface area contributed by atoms with E-state index in [1.165, 1.54) is 36.4 Å². The van der Waals surface area contributed by atoms with Crippen LogP contribution >= 0.6 is 0 Å². The van der Waals surface area contributed by atoms with E-state index in [4.69, 9.17) is 4.74 Å². The van der Waals surface area contributed by atoms with E-state index in [0.29, 0.717) is 42.9 Å². The average molecular weight is 482 g/mol. The molecule has 0 spiro atoms. The first-order chi connectivity index (χ1) is 16.4. The molecule has 0 unspecified atom stereocenters. The molecule has 0 saturated carbocycles. The Morgan fingerprint density at radius 2 is 1.88 bits per heavy atom. The first-order valence-electron chi connectivity index (χ1n) is 10.5. The van der Waals surface area contributed by atoms with Gasteiger partial charge in [0.05, 0.1) is 46.1 Å². The van der Waals surface area contributed by atoms with Gasteiger partial charge in [-0.1, -0.05) is 6.07 Å². The van der Waals surface area contributed by atoms with E-state index < -0.39 is 21.6 Å². The van der Waals surface area contributed by atoms with E-state index in [9.17, 15) is 17.6 Å². The molecule has 2 aromatic heterocycles. The Labute approximate surface area is 194 Å². The lowest BCUT2D eigenvalue weighted by atomic mass is 10.2. The number of fused-ring (bicyclic) bond motifs is 1. The van der Waals surface area contributed by atoms with Gasteiger partial charge in [0.2, 0.25) is 9.84 Å². The first kappa shape index (κ1) is 22.0. The summed E-state index contributed by atoms with van der Waals surface area (Å²) in [6.07, 6.45) is 3.20. The van der Waals surface area contributed by atoms with Crippen LogP contribution in [0.5, 0.6) is 0 Å². The van der Waals surface area contributed by atoms with E-state index in [0.717, 1.165) is 11.8 Å². The van der Waals surface area contributed by atoms with Crippen LogP contribution in [0.2, 0.25) is 0 Å². The smallest absolute Gasteiger partial charge is 0.276 e. The molecule has 1 aliphatic rings. The van der Waals surface area contributed by atoms with Gasteiger partial charge in [0.25, 0.3) is 5.91 Å². The number of aromatic amines is 1. The second-order valence-electron chi connectivity index (χ2n) is 7.69. The monoisotopic (exact) mass is 481 g/mol. The molecule has 1 saturated heterocycles. The number of halogens is 1. The molecule has 2 aromatic carbocycles. The van der Waals surface area contributed by atoms with Crippen molar-refractivity contribution >= 4 is 38.0 Å². The average Bonchev–Trinajstić information content (AvgIpc) is 3.28. The van der Waals surface area contributed by atoms with E-state index in [2.05, 4.69) is 25.4 Å². The third-order valence-corrected chi connectivity index (χ3v) is 7.31. The number of hydrogen-bond acceptors (Lipinski definition) is 7. The number of anilines is 2. The Morgan fingerprint density at radius 3 is 2.68 bits per heavy atom. The number of carbonyl (C=O) groups is 1. The van der Waals surface area contributed by atoms with Crippen molar-refractivity contribution in [3.63, 3.8) is 0 Å². The van der Waals surface area contributed by atoms with E-state index in [1.54, 1.807) is 12.4 Å². The van der Waals surface area contributed by atoms with Crippen LogP contribution in [-0.2, 0) is 14.6 Å². The zero-order valence-corrected chi connectivity index (χ0v) is 18.7. The van der Waals surface area contributed by atoms with Crippen LogP contribution < -0.4 is 10.2 Å². The molecule has 11 heteroatoms. The number of sulfone groups is 1. The van der Waals surface area contributed by atoms with Crippen LogP contribution in [0.15, 0.2) is 70.7 Å². The fraction of sp³-hybridized carbons (Fsp3) is 0.174. The van der Waals surface area contributed by atoms with Gasteiger partial charge in [0, 0.05) is 24.7 Å². The molecule has 174 valence electrons. The van der Waals surface area contributed by atoms with Crippen LogP contribution in [-0.4, -0.2) is 55.8 Å². The minimum absolute atomic E-state index is 0.0306. The minimum atomic E-state index is -4.00. The second kappa shape index (κ2) is 8.84. The van der Waals surface area contributed by atoms with Crippen LogP contribution in [0.25, 0.3) is 10.9 Å². The maximum atomic E-state index is 13.6. The molecule has 1 amide bonds. The lowest BCUT2D eigenvalue weighted by molar-refractivity contribution is 0.102. The fourth-order valence-electron chi connectivity index (χ4n) is 3.85. The third-order valence-electron chi connectivity index (χ3n) is 5.56. The van der Waals surface area contributed by atoms with E-state index >= 15 is 0 Å². The highest BCUT2D eigenvalue weighted by atomic mass is 32.2. The standard InChI is InChI=1S/C23H20FN5O4S/c24-15-2-1-3-16(12-15)34(31,32)17-4-5-19-18(13-17)22(28-27-19)23(30)26-20-14-25-7-6-21(20)29-8-10-33-11-9-29/h1-7,12-14H,8-11H2,(H,26,30)(H,27,28). The van der Waals surface area contributed by atoms with Crippen molar-refractivity contribution in [2.45, 2.75) is 9.79 Å². The summed E-state index contributed by atoms with van der Waals surface area (Å²) in [7, 11) is -4.00. The fourth-order valence-corrected chi connectivity index (χ4v) is 5.17. The lowest BCUT2D eigenvalue weighted by Gasteiger charge is -2.30. The van der Waals surface area contributed by atoms with Crippen molar-refractivity contribution in [3.05, 3.63) is 72.4 Å². The number of ether oxygens (including phenoxy) is 1. The second-order valence-corrected chi connectivity index (χ2v) is 9.64. The van der Waals surface area contributed by atoms with Crippen LogP contribution in [0.1, 0.15) is 10.5 Å². The summed E-state index contributed by atoms with van der Waals surface area (Å²) in [5.74, 6) is -1.17. The normalized spacial score (nSPS) is 14.3. The van der Waals surface area contributed by atoms with Crippen LogP contribution in [0.4, 0.5) is 15.8 Å². The lowest BCUT2D eigenvalue weighted by Crippen LogP contribution is -2.36. The van der Waals surface area contributed by atoms with Gasteiger partial charge in [-0.05, 0) is 42.5 Å². The Morgan fingerprint density at radius 1 is 1.09 bits per heavy atom. The van der Waals surface area contributed by atoms with E-state index in [-0.39, 0.29) is 15.5 Å².